The van der Waals surface area contributed by atoms with Gasteiger partial charge in [-0.3, -0.25) is 13.9 Å². The van der Waals surface area contributed by atoms with Gasteiger partial charge in [-0.15, -0.1) is 0 Å². The van der Waals surface area contributed by atoms with Crippen molar-refractivity contribution in [1.82, 2.24) is 14.9 Å². The second-order valence-corrected chi connectivity index (χ2v) is 12.8. The summed E-state index contributed by atoms with van der Waals surface area (Å²) in [5, 5.41) is 3.34. The van der Waals surface area contributed by atoms with Gasteiger partial charge < -0.3 is 11.5 Å². The average Bonchev–Trinajstić information content (AvgIpc) is 3.37. The van der Waals surface area contributed by atoms with E-state index >= 15 is 0 Å². The molecule has 8 nitrogen and oxygen atoms in total. The van der Waals surface area contributed by atoms with Crippen molar-refractivity contribution in [3.63, 3.8) is 0 Å². The maximum Gasteiger partial charge on any atom is 1.00 e. The Kier molecular flexibility index (Phi) is 11.9. The van der Waals surface area contributed by atoms with Crippen LogP contribution < -0.4 is 39.6 Å². The van der Waals surface area contributed by atoms with Crippen molar-refractivity contribution >= 4 is 39.4 Å². The number of aromatic nitrogens is 2. The van der Waals surface area contributed by atoms with Crippen LogP contribution in [0.5, 0.6) is 5.75 Å². The third-order valence-corrected chi connectivity index (χ3v) is 8.68. The third-order valence-electron chi connectivity index (χ3n) is 6.65. The molecular formula is C29H29ClF2N3NaO5S2. The molecule has 4 rings (SSSR count). The Morgan fingerprint density at radius 1 is 1.14 bits per heavy atom. The molecule has 2 N–H and O–H groups in total. The number of ether oxygens (including phenoxy) is 1. The first-order chi connectivity index (χ1) is 19.8. The fraction of sp³-hybridized carbons (Fsp3) is 0.241. The Labute approximate surface area is 281 Å². The molecule has 0 atom stereocenters. The summed E-state index contributed by atoms with van der Waals surface area (Å²) in [6.07, 6.45) is 1.73. The molecule has 14 heteroatoms. The number of carbonyl (C=O) groups is 1. The summed E-state index contributed by atoms with van der Waals surface area (Å²) in [6, 6.07) is 15.4. The zero-order chi connectivity index (χ0) is 30.7. The third kappa shape index (κ3) is 8.59. The van der Waals surface area contributed by atoms with E-state index in [9.17, 15) is 22.0 Å². The molecule has 0 unspecified atom stereocenters. The Balaban J connectivity index is 0.00000337. The number of hydrogen-bond acceptors (Lipinski definition) is 6. The van der Waals surface area contributed by atoms with Gasteiger partial charge in [-0.2, -0.15) is 8.42 Å². The number of rotatable bonds is 11. The Morgan fingerprint density at radius 3 is 2.47 bits per heavy atom. The van der Waals surface area contributed by atoms with Gasteiger partial charge in [0.1, 0.15) is 17.4 Å². The summed E-state index contributed by atoms with van der Waals surface area (Å²) in [5.41, 5.74) is 2.07. The van der Waals surface area contributed by atoms with Crippen LogP contribution in [0, 0.1) is 11.6 Å². The molecule has 1 heterocycles. The van der Waals surface area contributed by atoms with Crippen molar-refractivity contribution in [1.29, 1.82) is 0 Å². The molecule has 0 radical (unpaired) electrons. The van der Waals surface area contributed by atoms with Crippen molar-refractivity contribution in [3.8, 4) is 11.4 Å². The van der Waals surface area contributed by atoms with Crippen LogP contribution in [0.4, 0.5) is 8.78 Å². The monoisotopic (exact) mass is 659 g/mol. The SMILES string of the molecule is COc1cc(C(C)(C)c2cnc(SCc3ccc(C(=O)NCCS(=O)(=O)O)cc3F)n2-c2ccc(F)cc2)ccc1Cl.[H-].[Na+]. The molecule has 43 heavy (non-hydrogen) atoms. The van der Waals surface area contributed by atoms with E-state index in [-0.39, 0.29) is 54.7 Å². The Bertz CT molecular complexity index is 1720. The first-order valence-corrected chi connectivity index (χ1v) is 15.6. The van der Waals surface area contributed by atoms with Gasteiger partial charge in [-0.05, 0) is 59.7 Å². The van der Waals surface area contributed by atoms with Gasteiger partial charge >= 0.3 is 29.6 Å². The molecule has 0 aliphatic heterocycles. The van der Waals surface area contributed by atoms with E-state index in [1.807, 2.05) is 30.5 Å². The van der Waals surface area contributed by atoms with Crippen molar-refractivity contribution < 1.29 is 62.3 Å². The minimum absolute atomic E-state index is 0. The number of thioether (sulfide) groups is 1. The second kappa shape index (κ2) is 14.6. The van der Waals surface area contributed by atoms with Crippen LogP contribution in [0.25, 0.3) is 5.69 Å². The number of imidazole rings is 1. The van der Waals surface area contributed by atoms with Crippen molar-refractivity contribution in [2.24, 2.45) is 0 Å². The topological polar surface area (TPSA) is 111 Å². The maximum absolute atomic E-state index is 15.0. The summed E-state index contributed by atoms with van der Waals surface area (Å²) in [7, 11) is -2.69. The fourth-order valence-corrected chi connectivity index (χ4v) is 5.79. The van der Waals surface area contributed by atoms with Crippen LogP contribution in [0.15, 0.2) is 72.0 Å². The van der Waals surface area contributed by atoms with Gasteiger partial charge in [0.25, 0.3) is 16.0 Å². The van der Waals surface area contributed by atoms with Crippen molar-refractivity contribution in [2.75, 3.05) is 19.4 Å². The first kappa shape index (κ1) is 35.0. The number of nitrogens with zero attached hydrogens (tertiary/aromatic N) is 2. The predicted octanol–water partition coefficient (Wildman–Crippen LogP) is 3.16. The van der Waals surface area contributed by atoms with Crippen molar-refractivity contribution in [3.05, 3.63) is 106 Å². The van der Waals surface area contributed by atoms with Crippen LogP contribution in [-0.2, 0) is 21.3 Å². The van der Waals surface area contributed by atoms with Crippen LogP contribution >= 0.6 is 23.4 Å². The summed E-state index contributed by atoms with van der Waals surface area (Å²) in [4.78, 5) is 16.9. The number of amides is 1. The summed E-state index contributed by atoms with van der Waals surface area (Å²) in [5.74, 6) is -1.64. The number of hydrogen-bond donors (Lipinski definition) is 2. The zero-order valence-corrected chi connectivity index (χ0v) is 28.3. The van der Waals surface area contributed by atoms with Gasteiger partial charge in [-0.1, -0.05) is 49.3 Å². The summed E-state index contributed by atoms with van der Waals surface area (Å²) >= 11 is 7.51. The molecule has 0 bridgehead atoms. The minimum atomic E-state index is -4.23. The second-order valence-electron chi connectivity index (χ2n) is 9.85. The first-order valence-electron chi connectivity index (χ1n) is 12.6. The summed E-state index contributed by atoms with van der Waals surface area (Å²) in [6.45, 7) is 3.71. The number of nitrogens with one attached hydrogen (secondary N) is 1. The molecule has 0 fully saturated rings. The molecule has 1 amide bonds. The summed E-state index contributed by atoms with van der Waals surface area (Å²) < 4.78 is 66.6. The van der Waals surface area contributed by atoms with Crippen LogP contribution in [-0.4, -0.2) is 47.8 Å². The standard InChI is InChI=1S/C29H28ClF2N3O5S2.Na.H/c1-29(2,20-6-11-23(30)25(15-20)40-3)26-16-34-28(35(26)22-9-7-21(31)8-10-22)41-17-19-5-4-18(14-24(19)32)27(36)33-12-13-42(37,38)39;;/h4-11,14-16H,12-13,17H2,1-3H3,(H,33,36)(H,37,38,39);;/q;+1;-1. The predicted molar refractivity (Wildman–Crippen MR) is 159 cm³/mol. The van der Waals surface area contributed by atoms with Gasteiger partial charge in [0, 0.05) is 29.0 Å². The number of methoxy groups -OCH3 is 1. The molecule has 0 spiro atoms. The van der Waals surface area contributed by atoms with Crippen LogP contribution in [0.1, 0.15) is 42.5 Å². The normalized spacial score (nSPS) is 11.6. The quantitative estimate of drug-likeness (QED) is 0.145. The smallest absolute Gasteiger partial charge is 1.00 e. The van der Waals surface area contributed by atoms with Gasteiger partial charge in [-0.25, -0.2) is 13.8 Å². The van der Waals surface area contributed by atoms with Gasteiger partial charge in [0.05, 0.1) is 29.8 Å². The molecule has 0 saturated carbocycles. The Hall–Kier alpha value is -2.45. The van der Waals surface area contributed by atoms with E-state index in [4.69, 9.17) is 20.9 Å². The van der Waals surface area contributed by atoms with Crippen LogP contribution in [0.3, 0.4) is 0 Å². The molecule has 0 aliphatic rings. The van der Waals surface area contributed by atoms with E-state index in [2.05, 4.69) is 10.3 Å². The van der Waals surface area contributed by atoms with Gasteiger partial charge in [0.2, 0.25) is 0 Å². The molecule has 0 aliphatic carbocycles. The fourth-order valence-electron chi connectivity index (χ4n) is 4.26. The van der Waals surface area contributed by atoms with E-state index in [0.717, 1.165) is 17.3 Å². The van der Waals surface area contributed by atoms with E-state index in [0.29, 0.717) is 27.2 Å². The van der Waals surface area contributed by atoms with E-state index < -0.39 is 33.0 Å². The van der Waals surface area contributed by atoms with E-state index in [1.54, 1.807) is 24.4 Å². The molecule has 3 aromatic carbocycles. The molecule has 4 aromatic rings. The van der Waals surface area contributed by atoms with Crippen LogP contribution in [0.2, 0.25) is 5.02 Å². The zero-order valence-electron chi connectivity index (χ0n) is 24.9. The molecular weight excluding hydrogens is 631 g/mol. The minimum Gasteiger partial charge on any atom is -1.00 e. The Morgan fingerprint density at radius 2 is 1.84 bits per heavy atom. The maximum atomic E-state index is 15.0. The molecule has 0 saturated heterocycles. The molecule has 224 valence electrons. The van der Waals surface area contributed by atoms with Gasteiger partial charge in [0.15, 0.2) is 5.16 Å². The van der Waals surface area contributed by atoms with Crippen molar-refractivity contribution in [2.45, 2.75) is 30.2 Å². The largest absolute Gasteiger partial charge is 1.00 e. The average molecular weight is 660 g/mol. The molecule has 1 aromatic heterocycles. The van der Waals surface area contributed by atoms with E-state index in [1.165, 1.54) is 43.1 Å². The number of carbonyl (C=O) groups excluding carboxylic acids is 1. The number of halogens is 3. The number of benzene rings is 3.